The van der Waals surface area contributed by atoms with Crippen molar-refractivity contribution < 1.29 is 0 Å². The van der Waals surface area contributed by atoms with Crippen LogP contribution >= 0.6 is 27.3 Å². The van der Waals surface area contributed by atoms with E-state index in [1.807, 2.05) is 12.4 Å². The van der Waals surface area contributed by atoms with Gasteiger partial charge in [0.25, 0.3) is 0 Å². The minimum absolute atomic E-state index is 0.440. The molecule has 0 saturated carbocycles. The number of thiophene rings is 1. The summed E-state index contributed by atoms with van der Waals surface area (Å²) in [5.74, 6) is 0.716. The molecule has 1 saturated heterocycles. The van der Waals surface area contributed by atoms with Crippen LogP contribution in [0.3, 0.4) is 0 Å². The van der Waals surface area contributed by atoms with Gasteiger partial charge in [-0.25, -0.2) is 9.97 Å². The van der Waals surface area contributed by atoms with Crippen LogP contribution in [-0.2, 0) is 0 Å². The second-order valence-corrected chi connectivity index (χ2v) is 6.44. The normalized spacial score (nSPS) is 19.3. The summed E-state index contributed by atoms with van der Waals surface area (Å²) in [7, 11) is 0. The zero-order chi connectivity index (χ0) is 13.1. The molecular weight excluding hydrogens is 324 g/mol. The molecule has 3 heterocycles. The third kappa shape index (κ3) is 3.32. The molecule has 2 N–H and O–H groups in total. The van der Waals surface area contributed by atoms with Gasteiger partial charge in [0.1, 0.15) is 0 Å². The Morgan fingerprint density at radius 1 is 1.37 bits per heavy atom. The van der Waals surface area contributed by atoms with Gasteiger partial charge >= 0.3 is 0 Å². The number of halogens is 1. The van der Waals surface area contributed by atoms with E-state index in [-0.39, 0.29) is 0 Å². The third-order valence-corrected chi connectivity index (χ3v) is 4.87. The quantitative estimate of drug-likeness (QED) is 0.902. The van der Waals surface area contributed by atoms with Gasteiger partial charge in [0.15, 0.2) is 0 Å². The van der Waals surface area contributed by atoms with E-state index >= 15 is 0 Å². The lowest BCUT2D eigenvalue weighted by molar-refractivity contribution is 0.478. The fraction of sp³-hybridized carbons (Fsp3) is 0.385. The molecule has 0 spiro atoms. The monoisotopic (exact) mass is 338 g/mol. The van der Waals surface area contributed by atoms with Crippen LogP contribution in [0.2, 0.25) is 0 Å². The van der Waals surface area contributed by atoms with Crippen molar-refractivity contribution >= 4 is 33.2 Å². The highest BCUT2D eigenvalue weighted by Gasteiger charge is 2.13. The predicted molar refractivity (Wildman–Crippen MR) is 82.6 cm³/mol. The lowest BCUT2D eigenvalue weighted by Crippen LogP contribution is -2.38. The maximum absolute atomic E-state index is 4.40. The van der Waals surface area contributed by atoms with Crippen LogP contribution in [0.15, 0.2) is 28.3 Å². The minimum atomic E-state index is 0.440. The Bertz CT molecular complexity index is 534. The molecule has 1 aliphatic heterocycles. The van der Waals surface area contributed by atoms with Crippen molar-refractivity contribution in [2.45, 2.75) is 18.9 Å². The largest absolute Gasteiger partial charge is 0.350 e. The molecule has 0 aliphatic carbocycles. The van der Waals surface area contributed by atoms with E-state index in [1.165, 1.54) is 17.7 Å². The summed E-state index contributed by atoms with van der Waals surface area (Å²) in [6.45, 7) is 2.11. The van der Waals surface area contributed by atoms with Crippen molar-refractivity contribution in [2.75, 3.05) is 18.4 Å². The first kappa shape index (κ1) is 13.0. The van der Waals surface area contributed by atoms with Gasteiger partial charge in [-0.1, -0.05) is 0 Å². The molecule has 1 fully saturated rings. The van der Waals surface area contributed by atoms with E-state index in [0.29, 0.717) is 12.0 Å². The molecule has 3 rings (SSSR count). The second-order valence-electron chi connectivity index (χ2n) is 4.61. The Morgan fingerprint density at radius 3 is 2.84 bits per heavy atom. The zero-order valence-electron chi connectivity index (χ0n) is 10.4. The van der Waals surface area contributed by atoms with Gasteiger partial charge in [0.05, 0.1) is 0 Å². The number of hydrogen-bond acceptors (Lipinski definition) is 5. The van der Waals surface area contributed by atoms with Crippen LogP contribution in [-0.4, -0.2) is 29.1 Å². The number of nitrogens with one attached hydrogen (secondary N) is 2. The molecule has 0 amide bonds. The maximum atomic E-state index is 4.40. The Hall–Kier alpha value is -0.980. The van der Waals surface area contributed by atoms with Crippen LogP contribution in [0.25, 0.3) is 10.4 Å². The number of anilines is 1. The smallest absolute Gasteiger partial charge is 0.222 e. The van der Waals surface area contributed by atoms with Gasteiger partial charge in [-0.15, -0.1) is 11.3 Å². The lowest BCUT2D eigenvalue weighted by atomic mass is 10.1. The lowest BCUT2D eigenvalue weighted by Gasteiger charge is -2.23. The van der Waals surface area contributed by atoms with Crippen LogP contribution < -0.4 is 10.6 Å². The average molecular weight is 339 g/mol. The van der Waals surface area contributed by atoms with E-state index in [9.17, 15) is 0 Å². The van der Waals surface area contributed by atoms with E-state index in [1.54, 1.807) is 11.3 Å². The van der Waals surface area contributed by atoms with Crippen LogP contribution in [0.1, 0.15) is 12.8 Å². The molecular formula is C13H15BrN4S. The van der Waals surface area contributed by atoms with E-state index in [2.05, 4.69) is 48.0 Å². The van der Waals surface area contributed by atoms with Gasteiger partial charge in [-0.05, 0) is 41.4 Å². The molecule has 0 aromatic carbocycles. The topological polar surface area (TPSA) is 49.8 Å². The van der Waals surface area contributed by atoms with Gasteiger partial charge in [-0.2, -0.15) is 0 Å². The van der Waals surface area contributed by atoms with Gasteiger partial charge in [0, 0.05) is 45.3 Å². The first-order valence-corrected chi connectivity index (χ1v) is 8.02. The predicted octanol–water partition coefficient (Wildman–Crippen LogP) is 3.13. The number of hydrogen-bond donors (Lipinski definition) is 2. The molecule has 19 heavy (non-hydrogen) atoms. The van der Waals surface area contributed by atoms with Crippen molar-refractivity contribution in [3.8, 4) is 10.4 Å². The molecule has 1 atom stereocenters. The molecule has 2 aromatic rings. The molecule has 6 heteroatoms. The highest BCUT2D eigenvalue weighted by molar-refractivity contribution is 9.10. The number of nitrogens with zero attached hydrogens (tertiary/aromatic N) is 2. The highest BCUT2D eigenvalue weighted by atomic mass is 79.9. The van der Waals surface area contributed by atoms with Crippen molar-refractivity contribution in [1.29, 1.82) is 0 Å². The minimum Gasteiger partial charge on any atom is -0.350 e. The summed E-state index contributed by atoms with van der Waals surface area (Å²) >= 11 is 5.15. The standard InChI is InChI=1S/C13H15BrN4S/c14-10-4-12(19-8-10)9-5-16-13(17-6-9)18-11-2-1-3-15-7-11/h4-6,8,11,15H,1-3,7H2,(H,16,17,18). The van der Waals surface area contributed by atoms with E-state index in [0.717, 1.165) is 23.1 Å². The van der Waals surface area contributed by atoms with Crippen LogP contribution in [0, 0.1) is 0 Å². The molecule has 1 unspecified atom stereocenters. The molecule has 0 bridgehead atoms. The summed E-state index contributed by atoms with van der Waals surface area (Å²) < 4.78 is 1.10. The van der Waals surface area contributed by atoms with Crippen molar-refractivity contribution in [2.24, 2.45) is 0 Å². The summed E-state index contributed by atoms with van der Waals surface area (Å²) in [5.41, 5.74) is 1.06. The fourth-order valence-electron chi connectivity index (χ4n) is 2.15. The molecule has 2 aromatic heterocycles. The first-order chi connectivity index (χ1) is 9.31. The van der Waals surface area contributed by atoms with Gasteiger partial charge in [0.2, 0.25) is 5.95 Å². The summed E-state index contributed by atoms with van der Waals surface area (Å²) in [4.78, 5) is 9.98. The van der Waals surface area contributed by atoms with Crippen molar-refractivity contribution in [3.05, 3.63) is 28.3 Å². The van der Waals surface area contributed by atoms with Crippen LogP contribution in [0.5, 0.6) is 0 Å². The number of piperidine rings is 1. The van der Waals surface area contributed by atoms with Gasteiger partial charge in [-0.3, -0.25) is 0 Å². The maximum Gasteiger partial charge on any atom is 0.222 e. The Kier molecular flexibility index (Phi) is 4.10. The summed E-state index contributed by atoms with van der Waals surface area (Å²) in [5, 5.41) is 8.81. The van der Waals surface area contributed by atoms with Crippen molar-refractivity contribution in [3.63, 3.8) is 0 Å². The molecule has 4 nitrogen and oxygen atoms in total. The van der Waals surface area contributed by atoms with E-state index in [4.69, 9.17) is 0 Å². The van der Waals surface area contributed by atoms with Crippen LogP contribution in [0.4, 0.5) is 5.95 Å². The van der Waals surface area contributed by atoms with Gasteiger partial charge < -0.3 is 10.6 Å². The Morgan fingerprint density at radius 2 is 2.21 bits per heavy atom. The third-order valence-electron chi connectivity index (χ3n) is 3.13. The molecule has 1 aliphatic rings. The zero-order valence-corrected chi connectivity index (χ0v) is 12.8. The SMILES string of the molecule is Brc1csc(-c2cnc(NC3CCCNC3)nc2)c1. The Labute approximate surface area is 124 Å². The van der Waals surface area contributed by atoms with E-state index < -0.39 is 0 Å². The fourth-order valence-corrected chi connectivity index (χ4v) is 3.56. The second kappa shape index (κ2) is 5.98. The summed E-state index contributed by atoms with van der Waals surface area (Å²) in [6.07, 6.45) is 6.14. The highest BCUT2D eigenvalue weighted by Crippen LogP contribution is 2.29. The number of aromatic nitrogens is 2. The first-order valence-electron chi connectivity index (χ1n) is 6.35. The Balaban J connectivity index is 1.68. The van der Waals surface area contributed by atoms with Crippen molar-refractivity contribution in [1.82, 2.24) is 15.3 Å². The molecule has 100 valence electrons. The summed E-state index contributed by atoms with van der Waals surface area (Å²) in [6, 6.07) is 2.53. The average Bonchev–Trinajstić information content (AvgIpc) is 2.87. The number of rotatable bonds is 3. The molecule has 0 radical (unpaired) electrons.